The fourth-order valence-electron chi connectivity index (χ4n) is 1.82. The topological polar surface area (TPSA) is 89.9 Å². The number of carbonyl (C=O) groups is 2. The molecule has 0 aliphatic heterocycles. The SMILES string of the molecule is CCCN(C(=O)Nc1ccc(O)c(C(=O)O)c1)C(C)C. The molecule has 110 valence electrons. The lowest BCUT2D eigenvalue weighted by Crippen LogP contribution is -2.40. The quantitative estimate of drug-likeness (QED) is 0.723. The minimum Gasteiger partial charge on any atom is -0.507 e. The number of phenols is 1. The Kier molecular flexibility index (Phi) is 5.37. The number of carboxylic acid groups (broad SMARTS) is 1. The molecule has 1 aromatic rings. The zero-order valence-corrected chi connectivity index (χ0v) is 11.9. The average Bonchev–Trinajstić information content (AvgIpc) is 2.37. The number of urea groups is 1. The molecule has 0 spiro atoms. The molecule has 0 fully saturated rings. The Hall–Kier alpha value is -2.24. The molecular weight excluding hydrogens is 260 g/mol. The van der Waals surface area contributed by atoms with Crippen LogP contribution < -0.4 is 5.32 Å². The molecular formula is C14H20N2O4. The summed E-state index contributed by atoms with van der Waals surface area (Å²) in [6.07, 6.45) is 0.835. The number of nitrogens with zero attached hydrogens (tertiary/aromatic N) is 1. The summed E-state index contributed by atoms with van der Waals surface area (Å²) in [6.45, 7) is 6.42. The van der Waals surface area contributed by atoms with Gasteiger partial charge in [-0.05, 0) is 38.5 Å². The lowest BCUT2D eigenvalue weighted by Gasteiger charge is -2.26. The van der Waals surface area contributed by atoms with E-state index in [0.717, 1.165) is 6.42 Å². The molecule has 0 unspecified atom stereocenters. The number of aromatic carboxylic acids is 1. The summed E-state index contributed by atoms with van der Waals surface area (Å²) in [5.74, 6) is -1.57. The van der Waals surface area contributed by atoms with E-state index in [4.69, 9.17) is 5.11 Å². The number of nitrogens with one attached hydrogen (secondary N) is 1. The Morgan fingerprint density at radius 1 is 1.35 bits per heavy atom. The molecule has 0 aromatic heterocycles. The van der Waals surface area contributed by atoms with Crippen LogP contribution >= 0.6 is 0 Å². The summed E-state index contributed by atoms with van der Waals surface area (Å²) in [6, 6.07) is 3.71. The Bertz CT molecular complexity index is 500. The summed E-state index contributed by atoms with van der Waals surface area (Å²) in [5, 5.41) is 21.0. The van der Waals surface area contributed by atoms with E-state index in [-0.39, 0.29) is 23.4 Å². The Morgan fingerprint density at radius 2 is 2.00 bits per heavy atom. The molecule has 6 nitrogen and oxygen atoms in total. The van der Waals surface area contributed by atoms with Crippen molar-refractivity contribution >= 4 is 17.7 Å². The maximum Gasteiger partial charge on any atom is 0.339 e. The van der Waals surface area contributed by atoms with Gasteiger partial charge in [0.25, 0.3) is 0 Å². The second kappa shape index (κ2) is 6.79. The number of hydrogen-bond donors (Lipinski definition) is 3. The highest BCUT2D eigenvalue weighted by atomic mass is 16.4. The first-order chi connectivity index (χ1) is 9.36. The van der Waals surface area contributed by atoms with E-state index < -0.39 is 5.97 Å². The van der Waals surface area contributed by atoms with Crippen LogP contribution in [0.25, 0.3) is 0 Å². The molecule has 0 aliphatic rings. The predicted molar refractivity (Wildman–Crippen MR) is 76.2 cm³/mol. The van der Waals surface area contributed by atoms with Gasteiger partial charge in [-0.1, -0.05) is 6.92 Å². The third-order valence-corrected chi connectivity index (χ3v) is 2.83. The van der Waals surface area contributed by atoms with E-state index in [1.807, 2.05) is 20.8 Å². The molecule has 0 saturated heterocycles. The van der Waals surface area contributed by atoms with Crippen LogP contribution in [0.15, 0.2) is 18.2 Å². The zero-order valence-electron chi connectivity index (χ0n) is 11.9. The first-order valence-electron chi connectivity index (χ1n) is 6.50. The number of rotatable bonds is 5. The van der Waals surface area contributed by atoms with Crippen molar-refractivity contribution in [1.29, 1.82) is 0 Å². The zero-order chi connectivity index (χ0) is 15.3. The average molecular weight is 280 g/mol. The molecule has 20 heavy (non-hydrogen) atoms. The van der Waals surface area contributed by atoms with Crippen molar-refractivity contribution in [3.8, 4) is 5.75 Å². The van der Waals surface area contributed by atoms with Crippen LogP contribution in [0.3, 0.4) is 0 Å². The number of anilines is 1. The monoisotopic (exact) mass is 280 g/mol. The van der Waals surface area contributed by atoms with Crippen LogP contribution in [-0.4, -0.2) is 39.7 Å². The molecule has 0 radical (unpaired) electrons. The van der Waals surface area contributed by atoms with Crippen molar-refractivity contribution in [1.82, 2.24) is 4.90 Å². The fraction of sp³-hybridized carbons (Fsp3) is 0.429. The van der Waals surface area contributed by atoms with Crippen LogP contribution in [0.1, 0.15) is 37.6 Å². The van der Waals surface area contributed by atoms with E-state index in [1.165, 1.54) is 18.2 Å². The summed E-state index contributed by atoms with van der Waals surface area (Å²) < 4.78 is 0. The Balaban J connectivity index is 2.89. The van der Waals surface area contributed by atoms with E-state index in [9.17, 15) is 14.7 Å². The molecule has 0 atom stereocenters. The minimum absolute atomic E-state index is 0.0472. The van der Waals surface area contributed by atoms with Crippen molar-refractivity contribution in [3.63, 3.8) is 0 Å². The van der Waals surface area contributed by atoms with Crippen LogP contribution in [0.4, 0.5) is 10.5 Å². The third-order valence-electron chi connectivity index (χ3n) is 2.83. The minimum atomic E-state index is -1.24. The Labute approximate surface area is 118 Å². The van der Waals surface area contributed by atoms with Crippen molar-refractivity contribution in [2.75, 3.05) is 11.9 Å². The highest BCUT2D eigenvalue weighted by Crippen LogP contribution is 2.21. The van der Waals surface area contributed by atoms with Crippen molar-refractivity contribution in [2.45, 2.75) is 33.2 Å². The van der Waals surface area contributed by atoms with Gasteiger partial charge in [-0.2, -0.15) is 0 Å². The first kappa shape index (κ1) is 15.8. The van der Waals surface area contributed by atoms with Crippen molar-refractivity contribution < 1.29 is 19.8 Å². The third kappa shape index (κ3) is 3.88. The summed E-state index contributed by atoms with van der Waals surface area (Å²) in [5.41, 5.74) is 0.0985. The smallest absolute Gasteiger partial charge is 0.339 e. The molecule has 6 heteroatoms. The second-order valence-electron chi connectivity index (χ2n) is 4.75. The van der Waals surface area contributed by atoms with E-state index in [1.54, 1.807) is 4.90 Å². The summed E-state index contributed by atoms with van der Waals surface area (Å²) in [7, 11) is 0. The predicted octanol–water partition coefficient (Wildman–Crippen LogP) is 2.74. The van der Waals surface area contributed by atoms with Crippen LogP contribution in [0.2, 0.25) is 0 Å². The highest BCUT2D eigenvalue weighted by Gasteiger charge is 2.17. The van der Waals surface area contributed by atoms with Crippen LogP contribution in [0, 0.1) is 0 Å². The molecule has 3 N–H and O–H groups in total. The van der Waals surface area contributed by atoms with E-state index in [2.05, 4.69) is 5.32 Å². The van der Waals surface area contributed by atoms with Gasteiger partial charge in [0.05, 0.1) is 0 Å². The van der Waals surface area contributed by atoms with E-state index in [0.29, 0.717) is 12.2 Å². The van der Waals surface area contributed by atoms with Gasteiger partial charge in [-0.3, -0.25) is 0 Å². The van der Waals surface area contributed by atoms with Crippen LogP contribution in [0.5, 0.6) is 5.75 Å². The lowest BCUT2D eigenvalue weighted by molar-refractivity contribution is 0.0693. The molecule has 0 bridgehead atoms. The fourth-order valence-corrected chi connectivity index (χ4v) is 1.82. The maximum absolute atomic E-state index is 12.1. The van der Waals surface area contributed by atoms with Crippen molar-refractivity contribution in [3.05, 3.63) is 23.8 Å². The number of hydrogen-bond acceptors (Lipinski definition) is 3. The number of aromatic hydroxyl groups is 1. The van der Waals surface area contributed by atoms with Gasteiger partial charge in [0, 0.05) is 18.3 Å². The largest absolute Gasteiger partial charge is 0.507 e. The normalized spacial score (nSPS) is 10.4. The van der Waals surface area contributed by atoms with Gasteiger partial charge in [-0.25, -0.2) is 9.59 Å². The van der Waals surface area contributed by atoms with Crippen LogP contribution in [-0.2, 0) is 0 Å². The van der Waals surface area contributed by atoms with Gasteiger partial charge in [0.15, 0.2) is 0 Å². The summed E-state index contributed by atoms with van der Waals surface area (Å²) >= 11 is 0. The summed E-state index contributed by atoms with van der Waals surface area (Å²) in [4.78, 5) is 24.7. The molecule has 0 aliphatic carbocycles. The molecule has 0 saturated carbocycles. The van der Waals surface area contributed by atoms with Crippen molar-refractivity contribution in [2.24, 2.45) is 0 Å². The van der Waals surface area contributed by atoms with Gasteiger partial charge in [-0.15, -0.1) is 0 Å². The lowest BCUT2D eigenvalue weighted by atomic mass is 10.2. The number of carboxylic acids is 1. The van der Waals surface area contributed by atoms with Gasteiger partial charge < -0.3 is 20.4 Å². The number of benzene rings is 1. The Morgan fingerprint density at radius 3 is 2.50 bits per heavy atom. The highest BCUT2D eigenvalue weighted by molar-refractivity contribution is 5.95. The van der Waals surface area contributed by atoms with Gasteiger partial charge in [0.2, 0.25) is 0 Å². The molecule has 1 rings (SSSR count). The molecule has 2 amide bonds. The van der Waals surface area contributed by atoms with Gasteiger partial charge in [0.1, 0.15) is 11.3 Å². The van der Waals surface area contributed by atoms with Gasteiger partial charge >= 0.3 is 12.0 Å². The standard InChI is InChI=1S/C14H20N2O4/c1-4-7-16(9(2)3)14(20)15-10-5-6-12(17)11(8-10)13(18)19/h5-6,8-9,17H,4,7H2,1-3H3,(H,15,20)(H,18,19). The first-order valence-corrected chi connectivity index (χ1v) is 6.50. The number of amides is 2. The number of carbonyl (C=O) groups excluding carboxylic acids is 1. The second-order valence-corrected chi connectivity index (χ2v) is 4.75. The maximum atomic E-state index is 12.1. The molecule has 1 aromatic carbocycles. The molecule has 0 heterocycles. The van der Waals surface area contributed by atoms with E-state index >= 15 is 0 Å².